The number of aryl methyl sites for hydroxylation is 2. The predicted octanol–water partition coefficient (Wildman–Crippen LogP) is 5.27. The molecular weight excluding hydrogens is 380 g/mol. The summed E-state index contributed by atoms with van der Waals surface area (Å²) >= 11 is 6.80. The van der Waals surface area contributed by atoms with E-state index in [0.29, 0.717) is 6.61 Å². The maximum absolute atomic E-state index is 5.74. The standard InChI is InChI=1S/C16H15BrN2OS2/c1-10-16(22-11(2)18-10)14-9-21-15(19-14)7-8-20-13-5-3-12(17)4-6-13/h3-6,9H,7-8H2,1-2H3. The molecule has 0 aliphatic carbocycles. The molecule has 0 atom stereocenters. The van der Waals surface area contributed by atoms with Crippen LogP contribution in [0.1, 0.15) is 15.7 Å². The van der Waals surface area contributed by atoms with E-state index < -0.39 is 0 Å². The smallest absolute Gasteiger partial charge is 0.119 e. The summed E-state index contributed by atoms with van der Waals surface area (Å²) in [5, 5.41) is 4.28. The van der Waals surface area contributed by atoms with Gasteiger partial charge in [0, 0.05) is 16.3 Å². The number of hydrogen-bond donors (Lipinski definition) is 0. The second-order valence-electron chi connectivity index (χ2n) is 4.83. The fourth-order valence-electron chi connectivity index (χ4n) is 2.09. The number of thiazole rings is 2. The molecular formula is C16H15BrN2OS2. The zero-order chi connectivity index (χ0) is 15.5. The minimum Gasteiger partial charge on any atom is -0.493 e. The van der Waals surface area contributed by atoms with Gasteiger partial charge in [-0.25, -0.2) is 9.97 Å². The van der Waals surface area contributed by atoms with Crippen molar-refractivity contribution in [3.8, 4) is 16.3 Å². The van der Waals surface area contributed by atoms with Crippen LogP contribution in [0.25, 0.3) is 10.6 Å². The summed E-state index contributed by atoms with van der Waals surface area (Å²) in [6.07, 6.45) is 0.817. The molecule has 0 aliphatic heterocycles. The molecule has 22 heavy (non-hydrogen) atoms. The Morgan fingerprint density at radius 3 is 2.59 bits per heavy atom. The van der Waals surface area contributed by atoms with Crippen LogP contribution in [0.2, 0.25) is 0 Å². The quantitative estimate of drug-likeness (QED) is 0.591. The monoisotopic (exact) mass is 394 g/mol. The van der Waals surface area contributed by atoms with Crippen molar-refractivity contribution < 1.29 is 4.74 Å². The van der Waals surface area contributed by atoms with Gasteiger partial charge in [-0.1, -0.05) is 15.9 Å². The highest BCUT2D eigenvalue weighted by molar-refractivity contribution is 9.10. The van der Waals surface area contributed by atoms with Crippen molar-refractivity contribution in [1.29, 1.82) is 0 Å². The summed E-state index contributed by atoms with van der Waals surface area (Å²) in [5.74, 6) is 0.883. The fourth-order valence-corrected chi connectivity index (χ4v) is 4.08. The number of benzene rings is 1. The van der Waals surface area contributed by atoms with E-state index in [1.165, 1.54) is 4.88 Å². The van der Waals surface area contributed by atoms with Crippen LogP contribution in [0, 0.1) is 13.8 Å². The Morgan fingerprint density at radius 1 is 1.14 bits per heavy atom. The SMILES string of the molecule is Cc1nc(C)c(-c2csc(CCOc3ccc(Br)cc3)n2)s1. The molecule has 0 amide bonds. The molecule has 3 rings (SSSR count). The number of ether oxygens (including phenoxy) is 1. The van der Waals surface area contributed by atoms with Gasteiger partial charge in [0.1, 0.15) is 5.75 Å². The maximum atomic E-state index is 5.74. The van der Waals surface area contributed by atoms with E-state index in [0.717, 1.165) is 38.0 Å². The van der Waals surface area contributed by atoms with Crippen molar-refractivity contribution in [2.24, 2.45) is 0 Å². The molecule has 0 radical (unpaired) electrons. The van der Waals surface area contributed by atoms with Gasteiger partial charge in [-0.05, 0) is 38.1 Å². The molecule has 0 N–H and O–H groups in total. The Morgan fingerprint density at radius 2 is 1.91 bits per heavy atom. The van der Waals surface area contributed by atoms with E-state index in [9.17, 15) is 0 Å². The molecule has 0 bridgehead atoms. The van der Waals surface area contributed by atoms with E-state index in [4.69, 9.17) is 9.72 Å². The summed E-state index contributed by atoms with van der Waals surface area (Å²) in [4.78, 5) is 10.3. The summed E-state index contributed by atoms with van der Waals surface area (Å²) < 4.78 is 6.80. The van der Waals surface area contributed by atoms with Gasteiger partial charge in [-0.15, -0.1) is 22.7 Å². The number of rotatable bonds is 5. The van der Waals surface area contributed by atoms with Gasteiger partial charge in [0.15, 0.2) is 0 Å². The van der Waals surface area contributed by atoms with Crippen molar-refractivity contribution in [2.75, 3.05) is 6.61 Å². The van der Waals surface area contributed by atoms with Gasteiger partial charge in [-0.3, -0.25) is 0 Å². The van der Waals surface area contributed by atoms with Crippen LogP contribution in [-0.4, -0.2) is 16.6 Å². The van der Waals surface area contributed by atoms with Gasteiger partial charge in [0.25, 0.3) is 0 Å². The summed E-state index contributed by atoms with van der Waals surface area (Å²) in [6, 6.07) is 7.87. The first-order valence-corrected chi connectivity index (χ1v) is 9.38. The third-order valence-electron chi connectivity index (χ3n) is 3.09. The minimum absolute atomic E-state index is 0.634. The van der Waals surface area contributed by atoms with Gasteiger partial charge >= 0.3 is 0 Å². The lowest BCUT2D eigenvalue weighted by Gasteiger charge is -2.04. The molecule has 114 valence electrons. The molecule has 1 aromatic carbocycles. The molecule has 0 aliphatic rings. The Hall–Kier alpha value is -1.24. The first kappa shape index (κ1) is 15.6. The molecule has 3 aromatic rings. The molecule has 0 fully saturated rings. The molecule has 0 spiro atoms. The molecule has 3 nitrogen and oxygen atoms in total. The Bertz CT molecular complexity index is 765. The Balaban J connectivity index is 1.60. The third kappa shape index (κ3) is 3.74. The van der Waals surface area contributed by atoms with Crippen LogP contribution >= 0.6 is 38.6 Å². The second kappa shape index (κ2) is 6.89. The first-order valence-electron chi connectivity index (χ1n) is 6.89. The Kier molecular flexibility index (Phi) is 4.90. The van der Waals surface area contributed by atoms with Crippen LogP contribution in [0.3, 0.4) is 0 Å². The highest BCUT2D eigenvalue weighted by Gasteiger charge is 2.11. The van der Waals surface area contributed by atoms with Crippen LogP contribution in [-0.2, 0) is 6.42 Å². The summed E-state index contributed by atoms with van der Waals surface area (Å²) in [7, 11) is 0. The number of aromatic nitrogens is 2. The van der Waals surface area contributed by atoms with Crippen molar-refractivity contribution >= 4 is 38.6 Å². The number of halogens is 1. The predicted molar refractivity (Wildman–Crippen MR) is 96.0 cm³/mol. The molecule has 2 aromatic heterocycles. The first-order chi connectivity index (χ1) is 10.6. The average molecular weight is 395 g/mol. The van der Waals surface area contributed by atoms with E-state index in [1.807, 2.05) is 38.1 Å². The van der Waals surface area contributed by atoms with Crippen LogP contribution in [0.5, 0.6) is 5.75 Å². The normalized spacial score (nSPS) is 10.9. The van der Waals surface area contributed by atoms with E-state index in [-0.39, 0.29) is 0 Å². The van der Waals surface area contributed by atoms with E-state index in [1.54, 1.807) is 22.7 Å². The van der Waals surface area contributed by atoms with Gasteiger partial charge in [0.2, 0.25) is 0 Å². The average Bonchev–Trinajstić information content (AvgIpc) is 3.07. The van der Waals surface area contributed by atoms with Crippen molar-refractivity contribution in [2.45, 2.75) is 20.3 Å². The third-order valence-corrected chi connectivity index (χ3v) is 5.62. The molecule has 0 saturated heterocycles. The highest BCUT2D eigenvalue weighted by atomic mass is 79.9. The topological polar surface area (TPSA) is 35.0 Å². The Labute approximate surface area is 146 Å². The van der Waals surface area contributed by atoms with Crippen molar-refractivity contribution in [1.82, 2.24) is 9.97 Å². The van der Waals surface area contributed by atoms with Crippen LogP contribution in [0.4, 0.5) is 0 Å². The maximum Gasteiger partial charge on any atom is 0.119 e. The van der Waals surface area contributed by atoms with Crippen molar-refractivity contribution in [3.05, 3.63) is 49.8 Å². The van der Waals surface area contributed by atoms with Gasteiger partial charge in [0.05, 0.1) is 32.9 Å². The summed E-state index contributed by atoms with van der Waals surface area (Å²) in [6.45, 7) is 4.70. The minimum atomic E-state index is 0.634. The number of hydrogen-bond acceptors (Lipinski definition) is 5. The molecule has 6 heteroatoms. The number of nitrogens with zero attached hydrogens (tertiary/aromatic N) is 2. The van der Waals surface area contributed by atoms with Crippen LogP contribution in [0.15, 0.2) is 34.1 Å². The molecule has 0 saturated carbocycles. The van der Waals surface area contributed by atoms with Crippen molar-refractivity contribution in [3.63, 3.8) is 0 Å². The molecule has 2 heterocycles. The second-order valence-corrected chi connectivity index (χ2v) is 7.89. The zero-order valence-corrected chi connectivity index (χ0v) is 15.5. The van der Waals surface area contributed by atoms with E-state index >= 15 is 0 Å². The largest absolute Gasteiger partial charge is 0.493 e. The lowest BCUT2D eigenvalue weighted by atomic mass is 10.3. The summed E-state index contributed by atoms with van der Waals surface area (Å²) in [5.41, 5.74) is 2.09. The van der Waals surface area contributed by atoms with Gasteiger partial charge in [-0.2, -0.15) is 0 Å². The van der Waals surface area contributed by atoms with E-state index in [2.05, 4.69) is 26.3 Å². The lowest BCUT2D eigenvalue weighted by Crippen LogP contribution is -2.00. The van der Waals surface area contributed by atoms with Gasteiger partial charge < -0.3 is 4.74 Å². The zero-order valence-electron chi connectivity index (χ0n) is 12.3. The highest BCUT2D eigenvalue weighted by Crippen LogP contribution is 2.30. The lowest BCUT2D eigenvalue weighted by molar-refractivity contribution is 0.322. The molecule has 0 unspecified atom stereocenters. The fraction of sp³-hybridized carbons (Fsp3) is 0.250. The van der Waals surface area contributed by atoms with Crippen LogP contribution < -0.4 is 4.74 Å².